The van der Waals surface area contributed by atoms with Crippen LogP contribution in [0.4, 0.5) is 0 Å². The van der Waals surface area contributed by atoms with Gasteiger partial charge >= 0.3 is 5.97 Å². The number of carboxylic acids is 1. The van der Waals surface area contributed by atoms with E-state index in [2.05, 4.69) is 4.98 Å². The van der Waals surface area contributed by atoms with Gasteiger partial charge in [0, 0.05) is 12.2 Å². The zero-order valence-corrected chi connectivity index (χ0v) is 7.88. The van der Waals surface area contributed by atoms with Crippen LogP contribution in [-0.2, 0) is 24.2 Å². The van der Waals surface area contributed by atoms with E-state index in [4.69, 9.17) is 5.11 Å². The summed E-state index contributed by atoms with van der Waals surface area (Å²) in [6.07, 6.45) is 3.88. The van der Waals surface area contributed by atoms with Gasteiger partial charge in [0.25, 0.3) is 0 Å². The maximum Gasteiger partial charge on any atom is 0.309 e. The molecule has 0 saturated carbocycles. The molecule has 0 aromatic carbocycles. The predicted octanol–water partition coefficient (Wildman–Crippen LogP) is 0.878. The molecule has 1 N–H and O–H groups in total. The zero-order valence-electron chi connectivity index (χ0n) is 7.06. The summed E-state index contributed by atoms with van der Waals surface area (Å²) in [6.45, 7) is 0.988. The Morgan fingerprint density at radius 2 is 2.46 bits per heavy atom. The smallest absolute Gasteiger partial charge is 0.309 e. The van der Waals surface area contributed by atoms with E-state index in [1.54, 1.807) is 6.33 Å². The number of hydrogen-bond acceptors (Lipinski definition) is 2. The van der Waals surface area contributed by atoms with Gasteiger partial charge in [-0.25, -0.2) is 4.98 Å². The van der Waals surface area contributed by atoms with E-state index in [-0.39, 0.29) is 18.8 Å². The molecule has 0 atom stereocenters. The first-order valence-corrected chi connectivity index (χ1v) is 4.02. The molecule has 0 bridgehead atoms. The molecule has 2 rings (SSSR count). The molecular formula is C8H11ClN2O2. The van der Waals surface area contributed by atoms with E-state index in [0.717, 1.165) is 30.8 Å². The number of aromatic nitrogens is 2. The molecule has 1 aromatic heterocycles. The molecule has 1 aromatic rings. The molecule has 1 aliphatic rings. The number of aryl methyl sites for hydroxylation is 1. The maximum atomic E-state index is 10.4. The lowest BCUT2D eigenvalue weighted by molar-refractivity contribution is -0.136. The number of imidazole rings is 1. The van der Waals surface area contributed by atoms with Crippen molar-refractivity contribution in [2.24, 2.45) is 0 Å². The second kappa shape index (κ2) is 3.79. The third kappa shape index (κ3) is 1.83. The van der Waals surface area contributed by atoms with Gasteiger partial charge in [-0.2, -0.15) is 0 Å². The molecule has 1 aliphatic heterocycles. The van der Waals surface area contributed by atoms with E-state index >= 15 is 0 Å². The highest BCUT2D eigenvalue weighted by atomic mass is 35.5. The van der Waals surface area contributed by atoms with E-state index in [9.17, 15) is 4.79 Å². The van der Waals surface area contributed by atoms with Crippen molar-refractivity contribution in [2.45, 2.75) is 25.8 Å². The van der Waals surface area contributed by atoms with Gasteiger partial charge in [0.1, 0.15) is 0 Å². The summed E-state index contributed by atoms with van der Waals surface area (Å²) in [5.41, 5.74) is 1.84. The lowest BCUT2D eigenvalue weighted by Gasteiger charge is -1.94. The Labute approximate surface area is 82.0 Å². The summed E-state index contributed by atoms with van der Waals surface area (Å²) < 4.78 is 2.04. The molecule has 0 aliphatic carbocycles. The third-order valence-electron chi connectivity index (χ3n) is 2.16. The molecule has 0 unspecified atom stereocenters. The van der Waals surface area contributed by atoms with Crippen molar-refractivity contribution in [2.75, 3.05) is 0 Å². The molecular weight excluding hydrogens is 192 g/mol. The van der Waals surface area contributed by atoms with Crippen molar-refractivity contribution < 1.29 is 9.90 Å². The largest absolute Gasteiger partial charge is 0.481 e. The van der Waals surface area contributed by atoms with Crippen molar-refractivity contribution in [3.63, 3.8) is 0 Å². The predicted molar refractivity (Wildman–Crippen MR) is 49.1 cm³/mol. The molecule has 0 spiro atoms. The fourth-order valence-corrected chi connectivity index (χ4v) is 1.64. The number of carbonyl (C=O) groups is 1. The van der Waals surface area contributed by atoms with Crippen LogP contribution in [0.1, 0.15) is 17.8 Å². The summed E-state index contributed by atoms with van der Waals surface area (Å²) in [5.74, 6) is -0.802. The minimum absolute atomic E-state index is 0. The molecule has 13 heavy (non-hydrogen) atoms. The summed E-state index contributed by atoms with van der Waals surface area (Å²) in [4.78, 5) is 14.5. The minimum atomic E-state index is -0.802. The van der Waals surface area contributed by atoms with Gasteiger partial charge in [-0.1, -0.05) is 0 Å². The first-order chi connectivity index (χ1) is 5.77. The Morgan fingerprint density at radius 3 is 3.15 bits per heavy atom. The Bertz CT molecular complexity index is 322. The molecule has 72 valence electrons. The summed E-state index contributed by atoms with van der Waals surface area (Å²) in [5, 5.41) is 8.57. The Morgan fingerprint density at radius 1 is 1.69 bits per heavy atom. The van der Waals surface area contributed by atoms with Crippen LogP contribution < -0.4 is 0 Å². The Balaban J connectivity index is 0.000000845. The number of nitrogens with zero attached hydrogens (tertiary/aromatic N) is 2. The van der Waals surface area contributed by atoms with E-state index < -0.39 is 5.97 Å². The van der Waals surface area contributed by atoms with Crippen LogP contribution in [0.5, 0.6) is 0 Å². The summed E-state index contributed by atoms with van der Waals surface area (Å²) >= 11 is 0. The van der Waals surface area contributed by atoms with Crippen molar-refractivity contribution in [1.82, 2.24) is 9.55 Å². The van der Waals surface area contributed by atoms with Crippen molar-refractivity contribution in [1.29, 1.82) is 0 Å². The average molecular weight is 203 g/mol. The second-order valence-electron chi connectivity index (χ2n) is 3.01. The molecule has 0 radical (unpaired) electrons. The van der Waals surface area contributed by atoms with E-state index in [1.165, 1.54) is 0 Å². The number of aliphatic carboxylic acids is 1. The highest BCUT2D eigenvalue weighted by Gasteiger charge is 2.17. The molecule has 0 fully saturated rings. The van der Waals surface area contributed by atoms with Crippen LogP contribution in [0.25, 0.3) is 0 Å². The topological polar surface area (TPSA) is 55.1 Å². The van der Waals surface area contributed by atoms with Crippen LogP contribution in [0.3, 0.4) is 0 Å². The Kier molecular flexibility index (Phi) is 2.93. The van der Waals surface area contributed by atoms with E-state index in [0.29, 0.717) is 0 Å². The lowest BCUT2D eigenvalue weighted by atomic mass is 10.2. The molecule has 5 heteroatoms. The number of halogens is 1. The van der Waals surface area contributed by atoms with Gasteiger partial charge in [-0.3, -0.25) is 4.79 Å². The number of rotatable bonds is 2. The molecule has 0 amide bonds. The quantitative estimate of drug-likeness (QED) is 0.775. The van der Waals surface area contributed by atoms with Gasteiger partial charge < -0.3 is 9.67 Å². The first-order valence-electron chi connectivity index (χ1n) is 4.02. The zero-order chi connectivity index (χ0) is 8.55. The summed E-state index contributed by atoms with van der Waals surface area (Å²) in [7, 11) is 0. The van der Waals surface area contributed by atoms with Crippen molar-refractivity contribution >= 4 is 18.4 Å². The van der Waals surface area contributed by atoms with Crippen LogP contribution in [0.2, 0.25) is 0 Å². The number of fused-ring (bicyclic) bond motifs is 1. The van der Waals surface area contributed by atoms with Crippen LogP contribution in [0, 0.1) is 0 Å². The van der Waals surface area contributed by atoms with Crippen molar-refractivity contribution in [3.8, 4) is 0 Å². The SMILES string of the molecule is Cl.O=C(O)Cc1ncn2c1CCC2. The van der Waals surface area contributed by atoms with Gasteiger partial charge in [0.15, 0.2) is 0 Å². The number of hydrogen-bond donors (Lipinski definition) is 1. The average Bonchev–Trinajstić information content (AvgIpc) is 2.52. The monoisotopic (exact) mass is 202 g/mol. The number of carboxylic acid groups (broad SMARTS) is 1. The molecule has 4 nitrogen and oxygen atoms in total. The first kappa shape index (κ1) is 10.1. The van der Waals surface area contributed by atoms with Gasteiger partial charge in [0.05, 0.1) is 18.4 Å². The highest BCUT2D eigenvalue weighted by Crippen LogP contribution is 2.17. The fourth-order valence-electron chi connectivity index (χ4n) is 1.64. The highest BCUT2D eigenvalue weighted by molar-refractivity contribution is 5.85. The maximum absolute atomic E-state index is 10.4. The van der Waals surface area contributed by atoms with Crippen LogP contribution in [-0.4, -0.2) is 20.6 Å². The molecule has 2 heterocycles. The van der Waals surface area contributed by atoms with E-state index in [1.807, 2.05) is 4.57 Å². The van der Waals surface area contributed by atoms with Gasteiger partial charge in [-0.05, 0) is 12.8 Å². The third-order valence-corrected chi connectivity index (χ3v) is 2.16. The minimum Gasteiger partial charge on any atom is -0.481 e. The van der Waals surface area contributed by atoms with Crippen molar-refractivity contribution in [3.05, 3.63) is 17.7 Å². The summed E-state index contributed by atoms with van der Waals surface area (Å²) in [6, 6.07) is 0. The van der Waals surface area contributed by atoms with Crippen LogP contribution >= 0.6 is 12.4 Å². The lowest BCUT2D eigenvalue weighted by Crippen LogP contribution is -2.03. The molecule has 0 saturated heterocycles. The standard InChI is InChI=1S/C8H10N2O2.ClH/c11-8(12)4-6-7-2-1-3-10(7)5-9-6;/h5H,1-4H2,(H,11,12);1H. The van der Waals surface area contributed by atoms with Gasteiger partial charge in [-0.15, -0.1) is 12.4 Å². The Hall–Kier alpha value is -1.03. The second-order valence-corrected chi connectivity index (χ2v) is 3.01. The fraction of sp³-hybridized carbons (Fsp3) is 0.500. The van der Waals surface area contributed by atoms with Crippen LogP contribution in [0.15, 0.2) is 6.33 Å². The normalized spacial score (nSPS) is 13.5. The van der Waals surface area contributed by atoms with Gasteiger partial charge in [0.2, 0.25) is 0 Å².